The van der Waals surface area contributed by atoms with Crippen molar-refractivity contribution < 1.29 is 23.1 Å². The summed E-state index contributed by atoms with van der Waals surface area (Å²) in [4.78, 5) is 16.2. The first kappa shape index (κ1) is 21.0. The lowest BCUT2D eigenvalue weighted by molar-refractivity contribution is -0.192. The Morgan fingerprint density at radius 1 is 1.28 bits per heavy atom. The Bertz CT molecular complexity index is 940. The number of alkyl halides is 3. The molecule has 154 valence electrons. The molecular formula is C19H19F3N4O2S. The van der Waals surface area contributed by atoms with Gasteiger partial charge in [0.25, 0.3) is 0 Å². The van der Waals surface area contributed by atoms with Crippen molar-refractivity contribution in [2.75, 3.05) is 13.1 Å². The highest BCUT2D eigenvalue weighted by molar-refractivity contribution is 7.13. The molecule has 1 aliphatic rings. The van der Waals surface area contributed by atoms with Gasteiger partial charge in [0.05, 0.1) is 11.9 Å². The van der Waals surface area contributed by atoms with E-state index in [2.05, 4.69) is 44.7 Å². The molecule has 4 rings (SSSR count). The quantitative estimate of drug-likeness (QED) is 0.666. The van der Waals surface area contributed by atoms with Crippen LogP contribution in [0, 0.1) is 0 Å². The molecule has 0 atom stereocenters. The second-order valence-electron chi connectivity index (χ2n) is 6.46. The molecule has 0 fully saturated rings. The summed E-state index contributed by atoms with van der Waals surface area (Å²) in [6.45, 7) is 3.16. The highest BCUT2D eigenvalue weighted by atomic mass is 32.1. The predicted molar refractivity (Wildman–Crippen MR) is 103 cm³/mol. The standard InChI is InChI=1S/C17H18N4S.C2HF3O2/c1-2-4-13(5-3-1)17-19-15(12-22-17)6-8-21-9-7-16-14(11-21)10-18-20-16;3-2(4,5)1(6)7/h1-5,10,12H,6-9,11H2,(H,18,20);(H,6,7). The van der Waals surface area contributed by atoms with Gasteiger partial charge < -0.3 is 5.11 Å². The van der Waals surface area contributed by atoms with E-state index in [9.17, 15) is 13.2 Å². The minimum Gasteiger partial charge on any atom is -0.475 e. The van der Waals surface area contributed by atoms with Gasteiger partial charge in [-0.15, -0.1) is 11.3 Å². The third kappa shape index (κ3) is 5.88. The lowest BCUT2D eigenvalue weighted by atomic mass is 10.1. The molecule has 29 heavy (non-hydrogen) atoms. The van der Waals surface area contributed by atoms with Gasteiger partial charge >= 0.3 is 12.1 Å². The number of fused-ring (bicyclic) bond motifs is 1. The van der Waals surface area contributed by atoms with Gasteiger partial charge in [-0.2, -0.15) is 18.3 Å². The van der Waals surface area contributed by atoms with E-state index in [-0.39, 0.29) is 0 Å². The number of thiazole rings is 1. The highest BCUT2D eigenvalue weighted by Crippen LogP contribution is 2.24. The average molecular weight is 424 g/mol. The van der Waals surface area contributed by atoms with Gasteiger partial charge in [0, 0.05) is 54.7 Å². The lowest BCUT2D eigenvalue weighted by Crippen LogP contribution is -2.31. The Balaban J connectivity index is 0.000000298. The van der Waals surface area contributed by atoms with Gasteiger partial charge in [0.2, 0.25) is 0 Å². The molecule has 0 unspecified atom stereocenters. The Hall–Kier alpha value is -2.72. The lowest BCUT2D eigenvalue weighted by Gasteiger charge is -2.25. The van der Waals surface area contributed by atoms with Crippen molar-refractivity contribution in [2.24, 2.45) is 0 Å². The number of nitrogens with one attached hydrogen (secondary N) is 1. The minimum atomic E-state index is -5.08. The SMILES string of the molecule is O=C(O)C(F)(F)F.c1ccc(-c2nc(CCN3CCc4[nH]ncc4C3)cs2)cc1. The van der Waals surface area contributed by atoms with Crippen molar-refractivity contribution in [1.29, 1.82) is 0 Å². The Morgan fingerprint density at radius 3 is 2.69 bits per heavy atom. The zero-order chi connectivity index (χ0) is 20.9. The number of aliphatic carboxylic acids is 1. The molecule has 2 aromatic heterocycles. The summed E-state index contributed by atoms with van der Waals surface area (Å²) in [5, 5.41) is 17.6. The van der Waals surface area contributed by atoms with Crippen LogP contribution in [0.4, 0.5) is 13.2 Å². The summed E-state index contributed by atoms with van der Waals surface area (Å²) in [5.41, 5.74) is 5.05. The summed E-state index contributed by atoms with van der Waals surface area (Å²) >= 11 is 1.73. The Labute approximate surface area is 169 Å². The fourth-order valence-electron chi connectivity index (χ4n) is 2.88. The zero-order valence-electron chi connectivity index (χ0n) is 15.3. The molecule has 1 aliphatic heterocycles. The van der Waals surface area contributed by atoms with Crippen LogP contribution < -0.4 is 0 Å². The maximum Gasteiger partial charge on any atom is 0.490 e. The van der Waals surface area contributed by atoms with Crippen molar-refractivity contribution in [3.63, 3.8) is 0 Å². The first-order valence-electron chi connectivity index (χ1n) is 8.86. The third-order valence-electron chi connectivity index (χ3n) is 4.38. The maximum absolute atomic E-state index is 10.6. The third-order valence-corrected chi connectivity index (χ3v) is 5.32. The van der Waals surface area contributed by atoms with E-state index in [1.807, 2.05) is 12.3 Å². The second-order valence-corrected chi connectivity index (χ2v) is 7.32. The van der Waals surface area contributed by atoms with E-state index >= 15 is 0 Å². The summed E-state index contributed by atoms with van der Waals surface area (Å²) in [7, 11) is 0. The largest absolute Gasteiger partial charge is 0.490 e. The van der Waals surface area contributed by atoms with Gasteiger partial charge in [0.1, 0.15) is 5.01 Å². The Morgan fingerprint density at radius 2 is 2.00 bits per heavy atom. The van der Waals surface area contributed by atoms with Gasteiger partial charge in [-0.05, 0) is 0 Å². The summed E-state index contributed by atoms with van der Waals surface area (Å²) < 4.78 is 31.7. The van der Waals surface area contributed by atoms with Crippen molar-refractivity contribution in [3.05, 3.63) is 58.9 Å². The van der Waals surface area contributed by atoms with Crippen LogP contribution in [0.3, 0.4) is 0 Å². The number of carboxylic acid groups (broad SMARTS) is 1. The van der Waals surface area contributed by atoms with Gasteiger partial charge in [-0.25, -0.2) is 9.78 Å². The van der Waals surface area contributed by atoms with E-state index in [0.29, 0.717) is 0 Å². The molecule has 2 N–H and O–H groups in total. The molecule has 3 heterocycles. The van der Waals surface area contributed by atoms with Crippen molar-refractivity contribution in [3.8, 4) is 10.6 Å². The van der Waals surface area contributed by atoms with Crippen LogP contribution in [0.25, 0.3) is 10.6 Å². The monoisotopic (exact) mass is 424 g/mol. The van der Waals surface area contributed by atoms with Crippen molar-refractivity contribution in [2.45, 2.75) is 25.6 Å². The number of H-pyrrole nitrogens is 1. The van der Waals surface area contributed by atoms with Gasteiger partial charge in [-0.3, -0.25) is 10.00 Å². The van der Waals surface area contributed by atoms with Gasteiger partial charge in [0.15, 0.2) is 0 Å². The number of rotatable bonds is 4. The Kier molecular flexibility index (Phi) is 6.65. The first-order chi connectivity index (χ1) is 13.8. The minimum absolute atomic E-state index is 1.00. The number of halogens is 3. The molecule has 0 spiro atoms. The molecule has 0 amide bonds. The van der Waals surface area contributed by atoms with Crippen LogP contribution in [-0.4, -0.2) is 50.4 Å². The number of nitrogens with zero attached hydrogens (tertiary/aromatic N) is 3. The van der Waals surface area contributed by atoms with E-state index in [4.69, 9.17) is 14.9 Å². The molecule has 0 aliphatic carbocycles. The summed E-state index contributed by atoms with van der Waals surface area (Å²) in [6, 6.07) is 10.4. The average Bonchev–Trinajstić information content (AvgIpc) is 3.36. The number of hydrogen-bond acceptors (Lipinski definition) is 5. The fourth-order valence-corrected chi connectivity index (χ4v) is 3.74. The number of hydrogen-bond donors (Lipinski definition) is 2. The molecular weight excluding hydrogens is 405 g/mol. The number of carboxylic acids is 1. The molecule has 6 nitrogen and oxygen atoms in total. The predicted octanol–water partition coefficient (Wildman–Crippen LogP) is 3.77. The van der Waals surface area contributed by atoms with E-state index in [1.165, 1.54) is 22.5 Å². The smallest absolute Gasteiger partial charge is 0.475 e. The van der Waals surface area contributed by atoms with Crippen LogP contribution in [0.5, 0.6) is 0 Å². The summed E-state index contributed by atoms with van der Waals surface area (Å²) in [6.07, 6.45) is -1.05. The normalized spacial score (nSPS) is 14.0. The van der Waals surface area contributed by atoms with E-state index in [0.717, 1.165) is 37.5 Å². The number of aromatic nitrogens is 3. The first-order valence-corrected chi connectivity index (χ1v) is 9.74. The second kappa shape index (κ2) is 9.19. The summed E-state index contributed by atoms with van der Waals surface area (Å²) in [5.74, 6) is -2.76. The van der Waals surface area contributed by atoms with Crippen LogP contribution in [0.15, 0.2) is 41.9 Å². The van der Waals surface area contributed by atoms with E-state index < -0.39 is 12.1 Å². The fraction of sp³-hybridized carbons (Fsp3) is 0.316. The van der Waals surface area contributed by atoms with Crippen LogP contribution in [-0.2, 0) is 24.2 Å². The van der Waals surface area contributed by atoms with Crippen LogP contribution >= 0.6 is 11.3 Å². The van der Waals surface area contributed by atoms with Crippen molar-refractivity contribution >= 4 is 17.3 Å². The number of aromatic amines is 1. The molecule has 0 radical (unpaired) electrons. The topological polar surface area (TPSA) is 82.1 Å². The highest BCUT2D eigenvalue weighted by Gasteiger charge is 2.38. The molecule has 3 aromatic rings. The van der Waals surface area contributed by atoms with E-state index in [1.54, 1.807) is 11.3 Å². The van der Waals surface area contributed by atoms with Crippen LogP contribution in [0.1, 0.15) is 17.0 Å². The maximum atomic E-state index is 10.6. The molecule has 0 saturated carbocycles. The van der Waals surface area contributed by atoms with Crippen molar-refractivity contribution in [1.82, 2.24) is 20.1 Å². The number of benzene rings is 1. The molecule has 0 bridgehead atoms. The molecule has 1 aromatic carbocycles. The molecule has 10 heteroatoms. The molecule has 0 saturated heterocycles. The zero-order valence-corrected chi connectivity index (χ0v) is 16.1. The van der Waals surface area contributed by atoms with Crippen LogP contribution in [0.2, 0.25) is 0 Å². The van der Waals surface area contributed by atoms with Gasteiger partial charge in [-0.1, -0.05) is 30.3 Å². The number of carbonyl (C=O) groups is 1.